The van der Waals surface area contributed by atoms with Gasteiger partial charge < -0.3 is 25.4 Å². The highest BCUT2D eigenvalue weighted by Crippen LogP contribution is 2.29. The van der Waals surface area contributed by atoms with Crippen LogP contribution >= 0.6 is 0 Å². The summed E-state index contributed by atoms with van der Waals surface area (Å²) in [6, 6.07) is 11.7. The highest BCUT2D eigenvalue weighted by molar-refractivity contribution is 6.01. The molecule has 0 unspecified atom stereocenters. The quantitative estimate of drug-likeness (QED) is 0.742. The van der Waals surface area contributed by atoms with Crippen molar-refractivity contribution >= 4 is 23.3 Å². The van der Waals surface area contributed by atoms with Crippen molar-refractivity contribution in [2.24, 2.45) is 0 Å². The van der Waals surface area contributed by atoms with Crippen molar-refractivity contribution in [2.75, 3.05) is 24.9 Å². The lowest BCUT2D eigenvalue weighted by Gasteiger charge is -2.12. The van der Waals surface area contributed by atoms with E-state index in [1.54, 1.807) is 49.6 Å². The van der Waals surface area contributed by atoms with Crippen LogP contribution in [-0.4, -0.2) is 32.2 Å². The molecule has 1 aliphatic rings. The molecular formula is C19H21N3O4. The second-order valence-electron chi connectivity index (χ2n) is 5.97. The summed E-state index contributed by atoms with van der Waals surface area (Å²) in [6.07, 6.45) is 2.08. The van der Waals surface area contributed by atoms with Crippen molar-refractivity contribution in [1.82, 2.24) is 5.32 Å². The Bertz CT molecular complexity index is 801. The molecule has 3 amide bonds. The number of carbonyl (C=O) groups excluding carboxylic acids is 2. The lowest BCUT2D eigenvalue weighted by atomic mass is 10.2. The summed E-state index contributed by atoms with van der Waals surface area (Å²) >= 11 is 0. The molecule has 0 spiro atoms. The zero-order valence-corrected chi connectivity index (χ0v) is 14.7. The Balaban J connectivity index is 1.62. The second-order valence-corrected chi connectivity index (χ2v) is 5.97. The summed E-state index contributed by atoms with van der Waals surface area (Å²) in [5.74, 6) is 1.03. The van der Waals surface area contributed by atoms with Gasteiger partial charge in [-0.2, -0.15) is 0 Å². The van der Waals surface area contributed by atoms with Crippen molar-refractivity contribution in [3.05, 3.63) is 48.0 Å². The third-order valence-electron chi connectivity index (χ3n) is 3.97. The zero-order valence-electron chi connectivity index (χ0n) is 14.7. The molecule has 0 saturated heterocycles. The fourth-order valence-electron chi connectivity index (χ4n) is 2.40. The summed E-state index contributed by atoms with van der Waals surface area (Å²) in [7, 11) is 3.07. The van der Waals surface area contributed by atoms with Crippen LogP contribution in [0.15, 0.2) is 42.5 Å². The van der Waals surface area contributed by atoms with Gasteiger partial charge in [-0.25, -0.2) is 4.79 Å². The number of nitrogens with one attached hydrogen (secondary N) is 3. The average Bonchev–Trinajstić information content (AvgIpc) is 3.46. The van der Waals surface area contributed by atoms with Crippen LogP contribution in [0.2, 0.25) is 0 Å². The van der Waals surface area contributed by atoms with Crippen LogP contribution in [0.5, 0.6) is 11.5 Å². The first-order chi connectivity index (χ1) is 12.6. The minimum Gasteiger partial charge on any atom is -0.497 e. The van der Waals surface area contributed by atoms with E-state index in [2.05, 4.69) is 16.0 Å². The molecule has 1 fully saturated rings. The van der Waals surface area contributed by atoms with Gasteiger partial charge in [0.25, 0.3) is 5.91 Å². The van der Waals surface area contributed by atoms with Gasteiger partial charge in [0, 0.05) is 23.4 Å². The molecule has 0 aliphatic heterocycles. The molecule has 3 N–H and O–H groups in total. The standard InChI is InChI=1S/C19H21N3O4/c1-25-15-9-10-17(26-2)16(11-15)22-19(24)21-14-5-3-12(4-6-14)18(23)20-13-7-8-13/h3-6,9-11,13H,7-8H2,1-2H3,(H,20,23)(H2,21,22,24). The minimum atomic E-state index is -0.424. The first kappa shape index (κ1) is 17.6. The molecule has 0 bridgehead atoms. The number of hydrogen-bond acceptors (Lipinski definition) is 4. The van der Waals surface area contributed by atoms with Crippen LogP contribution in [0, 0.1) is 0 Å². The molecule has 136 valence electrons. The summed E-state index contributed by atoms with van der Waals surface area (Å²) in [5.41, 5.74) is 1.63. The normalized spacial score (nSPS) is 12.8. The molecule has 26 heavy (non-hydrogen) atoms. The molecule has 3 rings (SSSR count). The summed E-state index contributed by atoms with van der Waals surface area (Å²) in [4.78, 5) is 24.2. The topological polar surface area (TPSA) is 88.7 Å². The number of rotatable bonds is 6. The maximum Gasteiger partial charge on any atom is 0.323 e. The first-order valence-electron chi connectivity index (χ1n) is 8.30. The Labute approximate surface area is 151 Å². The summed E-state index contributed by atoms with van der Waals surface area (Å²) in [6.45, 7) is 0. The smallest absolute Gasteiger partial charge is 0.323 e. The molecule has 0 radical (unpaired) electrons. The molecule has 1 aliphatic carbocycles. The number of urea groups is 1. The average molecular weight is 355 g/mol. The van der Waals surface area contributed by atoms with E-state index in [-0.39, 0.29) is 5.91 Å². The van der Waals surface area contributed by atoms with Crippen LogP contribution in [0.3, 0.4) is 0 Å². The van der Waals surface area contributed by atoms with Crippen LogP contribution in [0.4, 0.5) is 16.2 Å². The predicted octanol–water partition coefficient (Wildman–Crippen LogP) is 3.24. The van der Waals surface area contributed by atoms with Gasteiger partial charge in [-0.1, -0.05) is 0 Å². The molecule has 1 saturated carbocycles. The molecule has 2 aromatic rings. The Hall–Kier alpha value is -3.22. The van der Waals surface area contributed by atoms with Crippen molar-refractivity contribution in [3.8, 4) is 11.5 Å². The third kappa shape index (κ3) is 4.44. The Kier molecular flexibility index (Phi) is 5.26. The van der Waals surface area contributed by atoms with Crippen molar-refractivity contribution in [3.63, 3.8) is 0 Å². The summed E-state index contributed by atoms with van der Waals surface area (Å²) < 4.78 is 10.4. The largest absolute Gasteiger partial charge is 0.497 e. The maximum atomic E-state index is 12.2. The number of ether oxygens (including phenoxy) is 2. The maximum absolute atomic E-state index is 12.2. The van der Waals surface area contributed by atoms with Crippen molar-refractivity contribution in [1.29, 1.82) is 0 Å². The Morgan fingerprint density at radius 1 is 0.962 bits per heavy atom. The number of amides is 3. The number of carbonyl (C=O) groups is 2. The fourth-order valence-corrected chi connectivity index (χ4v) is 2.40. The molecule has 7 heteroatoms. The Morgan fingerprint density at radius 2 is 1.69 bits per heavy atom. The molecule has 0 heterocycles. The van der Waals surface area contributed by atoms with Gasteiger partial charge in [-0.3, -0.25) is 4.79 Å². The fraction of sp³-hybridized carbons (Fsp3) is 0.263. The van der Waals surface area contributed by atoms with Gasteiger partial charge in [0.05, 0.1) is 19.9 Å². The molecular weight excluding hydrogens is 334 g/mol. The van der Waals surface area contributed by atoms with Crippen LogP contribution in [0.25, 0.3) is 0 Å². The SMILES string of the molecule is COc1ccc(OC)c(NC(=O)Nc2ccc(C(=O)NC3CC3)cc2)c1. The van der Waals surface area contributed by atoms with Gasteiger partial charge in [0.15, 0.2) is 0 Å². The third-order valence-corrected chi connectivity index (χ3v) is 3.97. The number of methoxy groups -OCH3 is 2. The van der Waals surface area contributed by atoms with Gasteiger partial charge in [-0.05, 0) is 49.2 Å². The zero-order chi connectivity index (χ0) is 18.5. The highest BCUT2D eigenvalue weighted by atomic mass is 16.5. The van der Waals surface area contributed by atoms with Gasteiger partial charge in [-0.15, -0.1) is 0 Å². The van der Waals surface area contributed by atoms with Crippen molar-refractivity contribution < 1.29 is 19.1 Å². The van der Waals surface area contributed by atoms with E-state index in [1.807, 2.05) is 0 Å². The summed E-state index contributed by atoms with van der Waals surface area (Å²) in [5, 5.41) is 8.36. The van der Waals surface area contributed by atoms with Gasteiger partial charge >= 0.3 is 6.03 Å². The van der Waals surface area contributed by atoms with Crippen LogP contribution in [-0.2, 0) is 0 Å². The molecule has 7 nitrogen and oxygen atoms in total. The highest BCUT2D eigenvalue weighted by Gasteiger charge is 2.23. The lowest BCUT2D eigenvalue weighted by Crippen LogP contribution is -2.25. The van der Waals surface area contributed by atoms with Crippen LogP contribution < -0.4 is 25.4 Å². The van der Waals surface area contributed by atoms with E-state index in [0.29, 0.717) is 34.5 Å². The van der Waals surface area contributed by atoms with Gasteiger partial charge in [0.2, 0.25) is 0 Å². The molecule has 0 atom stereocenters. The first-order valence-corrected chi connectivity index (χ1v) is 8.30. The second kappa shape index (κ2) is 7.77. The van der Waals surface area contributed by atoms with E-state index in [0.717, 1.165) is 12.8 Å². The van der Waals surface area contributed by atoms with Crippen molar-refractivity contribution in [2.45, 2.75) is 18.9 Å². The number of hydrogen-bond donors (Lipinski definition) is 3. The van der Waals surface area contributed by atoms with E-state index >= 15 is 0 Å². The monoisotopic (exact) mass is 355 g/mol. The van der Waals surface area contributed by atoms with E-state index in [1.165, 1.54) is 7.11 Å². The molecule has 0 aromatic heterocycles. The number of benzene rings is 2. The van der Waals surface area contributed by atoms with E-state index in [9.17, 15) is 9.59 Å². The predicted molar refractivity (Wildman–Crippen MR) is 99.1 cm³/mol. The van der Waals surface area contributed by atoms with E-state index < -0.39 is 6.03 Å². The van der Waals surface area contributed by atoms with Crippen LogP contribution in [0.1, 0.15) is 23.2 Å². The number of anilines is 2. The molecule has 2 aromatic carbocycles. The Morgan fingerprint density at radius 3 is 2.31 bits per heavy atom. The minimum absolute atomic E-state index is 0.0929. The van der Waals surface area contributed by atoms with E-state index in [4.69, 9.17) is 9.47 Å². The van der Waals surface area contributed by atoms with Gasteiger partial charge in [0.1, 0.15) is 11.5 Å². The lowest BCUT2D eigenvalue weighted by molar-refractivity contribution is 0.0951.